The molecule has 2 aromatic rings. The lowest BCUT2D eigenvalue weighted by atomic mass is 10.1. The van der Waals surface area contributed by atoms with Crippen molar-refractivity contribution in [2.45, 2.75) is 32.2 Å². The highest BCUT2D eigenvalue weighted by molar-refractivity contribution is 7.10. The second kappa shape index (κ2) is 8.50. The van der Waals surface area contributed by atoms with E-state index in [1.165, 1.54) is 17.7 Å². The summed E-state index contributed by atoms with van der Waals surface area (Å²) in [7, 11) is 1.66. The van der Waals surface area contributed by atoms with E-state index in [1.807, 2.05) is 25.1 Å². The van der Waals surface area contributed by atoms with Gasteiger partial charge in [0.15, 0.2) is 0 Å². The summed E-state index contributed by atoms with van der Waals surface area (Å²) in [6.07, 6.45) is 2.88. The van der Waals surface area contributed by atoms with Gasteiger partial charge in [0, 0.05) is 11.4 Å². The topological polar surface area (TPSA) is 41.6 Å². The molecule has 1 amide bonds. The zero-order valence-electron chi connectivity index (χ0n) is 15.0. The van der Waals surface area contributed by atoms with Gasteiger partial charge in [-0.05, 0) is 61.5 Å². The van der Waals surface area contributed by atoms with Gasteiger partial charge in [-0.15, -0.1) is 11.3 Å². The summed E-state index contributed by atoms with van der Waals surface area (Å²) in [6.45, 7) is 4.91. The number of methoxy groups -OCH3 is 1. The highest BCUT2D eigenvalue weighted by atomic mass is 32.1. The summed E-state index contributed by atoms with van der Waals surface area (Å²) in [5, 5.41) is 5.24. The molecule has 0 aliphatic carbocycles. The second-order valence-electron chi connectivity index (χ2n) is 6.56. The van der Waals surface area contributed by atoms with E-state index in [0.29, 0.717) is 19.0 Å². The Labute approximate surface area is 153 Å². The number of thiophene rings is 1. The molecule has 1 aromatic heterocycles. The van der Waals surface area contributed by atoms with Crippen LogP contribution >= 0.6 is 11.3 Å². The van der Waals surface area contributed by atoms with Crippen molar-refractivity contribution in [3.05, 3.63) is 51.7 Å². The van der Waals surface area contributed by atoms with Crippen molar-refractivity contribution in [3.63, 3.8) is 0 Å². The molecule has 1 aliphatic rings. The fourth-order valence-corrected chi connectivity index (χ4v) is 4.24. The normalized spacial score (nSPS) is 15.9. The molecule has 3 rings (SSSR count). The molecule has 1 fully saturated rings. The van der Waals surface area contributed by atoms with Gasteiger partial charge in [-0.1, -0.05) is 18.2 Å². The Balaban J connectivity index is 1.60. The maximum absolute atomic E-state index is 12.4. The molecular formula is C20H26N2O2S. The van der Waals surface area contributed by atoms with Crippen LogP contribution in [0.25, 0.3) is 0 Å². The standard InChI is InChI=1S/C20H26N2O2S/c1-15-7-8-16(12-18(15)24-2)13-20(23)21-14-17(19-6-5-11-25-19)22-9-3-4-10-22/h5-8,11-12,17H,3-4,9-10,13-14H2,1-2H3,(H,21,23). The molecule has 0 spiro atoms. The van der Waals surface area contributed by atoms with Gasteiger partial charge < -0.3 is 10.1 Å². The monoisotopic (exact) mass is 358 g/mol. The summed E-state index contributed by atoms with van der Waals surface area (Å²) in [6, 6.07) is 10.5. The smallest absolute Gasteiger partial charge is 0.224 e. The molecule has 0 bridgehead atoms. The summed E-state index contributed by atoms with van der Waals surface area (Å²) < 4.78 is 5.34. The van der Waals surface area contributed by atoms with Crippen LogP contribution in [0.2, 0.25) is 0 Å². The second-order valence-corrected chi connectivity index (χ2v) is 7.54. The van der Waals surface area contributed by atoms with Crippen molar-refractivity contribution in [2.24, 2.45) is 0 Å². The van der Waals surface area contributed by atoms with E-state index in [2.05, 4.69) is 27.7 Å². The van der Waals surface area contributed by atoms with Crippen LogP contribution in [0.5, 0.6) is 5.75 Å². The molecule has 134 valence electrons. The largest absolute Gasteiger partial charge is 0.496 e. The SMILES string of the molecule is COc1cc(CC(=O)NCC(c2cccs2)N2CCCC2)ccc1C. The third-order valence-corrected chi connectivity index (χ3v) is 5.76. The van der Waals surface area contributed by atoms with Gasteiger partial charge in [0.1, 0.15) is 5.75 Å². The molecule has 1 saturated heterocycles. The third kappa shape index (κ3) is 4.61. The maximum atomic E-state index is 12.4. The maximum Gasteiger partial charge on any atom is 0.224 e. The Bertz CT molecular complexity index is 694. The van der Waals surface area contributed by atoms with Crippen molar-refractivity contribution in [1.82, 2.24) is 10.2 Å². The number of nitrogens with zero attached hydrogens (tertiary/aromatic N) is 1. The van der Waals surface area contributed by atoms with E-state index in [1.54, 1.807) is 18.4 Å². The van der Waals surface area contributed by atoms with Crippen molar-refractivity contribution in [3.8, 4) is 5.75 Å². The summed E-state index contributed by atoms with van der Waals surface area (Å²) in [4.78, 5) is 16.2. The Kier molecular flexibility index (Phi) is 6.10. The first-order chi connectivity index (χ1) is 12.2. The van der Waals surface area contributed by atoms with Crippen molar-refractivity contribution >= 4 is 17.2 Å². The number of hydrogen-bond donors (Lipinski definition) is 1. The zero-order chi connectivity index (χ0) is 17.6. The van der Waals surface area contributed by atoms with Crippen molar-refractivity contribution in [2.75, 3.05) is 26.7 Å². The third-order valence-electron chi connectivity index (χ3n) is 4.78. The van der Waals surface area contributed by atoms with Crippen LogP contribution in [0.3, 0.4) is 0 Å². The Morgan fingerprint density at radius 2 is 2.12 bits per heavy atom. The molecule has 0 saturated carbocycles. The molecule has 0 radical (unpaired) electrons. The minimum absolute atomic E-state index is 0.0617. The van der Waals surface area contributed by atoms with E-state index in [0.717, 1.165) is 30.0 Å². The average Bonchev–Trinajstić information content (AvgIpc) is 3.31. The Morgan fingerprint density at radius 1 is 1.32 bits per heavy atom. The van der Waals surface area contributed by atoms with Crippen LogP contribution in [-0.2, 0) is 11.2 Å². The molecule has 1 N–H and O–H groups in total. The highest BCUT2D eigenvalue weighted by Crippen LogP contribution is 2.28. The number of carbonyl (C=O) groups is 1. The first kappa shape index (κ1) is 18.0. The molecule has 1 aliphatic heterocycles. The molecule has 4 nitrogen and oxygen atoms in total. The number of benzene rings is 1. The number of amides is 1. The van der Waals surface area contributed by atoms with Crippen molar-refractivity contribution < 1.29 is 9.53 Å². The van der Waals surface area contributed by atoms with Crippen LogP contribution in [0.4, 0.5) is 0 Å². The van der Waals surface area contributed by atoms with Gasteiger partial charge in [-0.3, -0.25) is 9.69 Å². The molecular weight excluding hydrogens is 332 g/mol. The van der Waals surface area contributed by atoms with Crippen LogP contribution < -0.4 is 10.1 Å². The van der Waals surface area contributed by atoms with Gasteiger partial charge in [-0.25, -0.2) is 0 Å². The fraction of sp³-hybridized carbons (Fsp3) is 0.450. The van der Waals surface area contributed by atoms with Crippen molar-refractivity contribution in [1.29, 1.82) is 0 Å². The van der Waals surface area contributed by atoms with Crippen LogP contribution in [0.15, 0.2) is 35.7 Å². The van der Waals surface area contributed by atoms with Crippen LogP contribution in [0.1, 0.15) is 34.9 Å². The van der Waals surface area contributed by atoms with Gasteiger partial charge in [0.25, 0.3) is 0 Å². The zero-order valence-corrected chi connectivity index (χ0v) is 15.8. The number of aryl methyl sites for hydroxylation is 1. The molecule has 25 heavy (non-hydrogen) atoms. The van der Waals surface area contributed by atoms with Gasteiger partial charge in [-0.2, -0.15) is 0 Å². The quantitative estimate of drug-likeness (QED) is 0.823. The van der Waals surface area contributed by atoms with E-state index >= 15 is 0 Å². The number of nitrogens with one attached hydrogen (secondary N) is 1. The minimum atomic E-state index is 0.0617. The van der Waals surface area contributed by atoms with Gasteiger partial charge >= 0.3 is 0 Å². The van der Waals surface area contributed by atoms with E-state index in [9.17, 15) is 4.79 Å². The summed E-state index contributed by atoms with van der Waals surface area (Å²) >= 11 is 1.77. The van der Waals surface area contributed by atoms with Gasteiger partial charge in [0.05, 0.1) is 19.6 Å². The first-order valence-electron chi connectivity index (χ1n) is 8.85. The summed E-state index contributed by atoms with van der Waals surface area (Å²) in [5.74, 6) is 0.894. The Morgan fingerprint density at radius 3 is 2.80 bits per heavy atom. The number of hydrogen-bond acceptors (Lipinski definition) is 4. The summed E-state index contributed by atoms with van der Waals surface area (Å²) in [5.41, 5.74) is 2.06. The Hall–Kier alpha value is -1.85. The predicted octanol–water partition coefficient (Wildman–Crippen LogP) is 3.56. The van der Waals surface area contributed by atoms with E-state index < -0.39 is 0 Å². The predicted molar refractivity (Wildman–Crippen MR) is 102 cm³/mol. The first-order valence-corrected chi connectivity index (χ1v) is 9.73. The van der Waals surface area contributed by atoms with Crippen LogP contribution in [-0.4, -0.2) is 37.6 Å². The number of ether oxygens (including phenoxy) is 1. The number of rotatable bonds is 7. The number of likely N-dealkylation sites (tertiary alicyclic amines) is 1. The lowest BCUT2D eigenvalue weighted by Gasteiger charge is -2.27. The van der Waals surface area contributed by atoms with Gasteiger partial charge in [0.2, 0.25) is 5.91 Å². The highest BCUT2D eigenvalue weighted by Gasteiger charge is 2.24. The van der Waals surface area contributed by atoms with E-state index in [-0.39, 0.29) is 5.91 Å². The van der Waals surface area contributed by atoms with E-state index in [4.69, 9.17) is 4.74 Å². The molecule has 5 heteroatoms. The molecule has 1 aromatic carbocycles. The fourth-order valence-electron chi connectivity index (χ4n) is 3.38. The lowest BCUT2D eigenvalue weighted by molar-refractivity contribution is -0.120. The number of carbonyl (C=O) groups excluding carboxylic acids is 1. The molecule has 1 unspecified atom stereocenters. The van der Waals surface area contributed by atoms with Crippen LogP contribution in [0, 0.1) is 6.92 Å². The minimum Gasteiger partial charge on any atom is -0.496 e. The average molecular weight is 359 g/mol. The molecule has 2 heterocycles. The lowest BCUT2D eigenvalue weighted by Crippen LogP contribution is -2.37. The molecule has 1 atom stereocenters.